The van der Waals surface area contributed by atoms with Crippen molar-refractivity contribution in [2.45, 2.75) is 13.8 Å². The minimum Gasteiger partial charge on any atom is -0.494 e. The molecule has 102 valence electrons. The summed E-state index contributed by atoms with van der Waals surface area (Å²) < 4.78 is 6.86. The molecule has 3 aromatic rings. The summed E-state index contributed by atoms with van der Waals surface area (Å²) in [5.41, 5.74) is 1.26. The SMILES string of the molecule is COc1cnc(-n2cnc(C)n2)c2[nH]cc(C(C)=O)c12. The molecule has 7 nitrogen and oxygen atoms in total. The molecule has 0 fully saturated rings. The lowest BCUT2D eigenvalue weighted by molar-refractivity contribution is 0.101. The highest BCUT2D eigenvalue weighted by Gasteiger charge is 2.18. The van der Waals surface area contributed by atoms with Crippen LogP contribution in [0.5, 0.6) is 5.75 Å². The van der Waals surface area contributed by atoms with Crippen molar-refractivity contribution in [2.24, 2.45) is 0 Å². The number of Topliss-reactive ketones (excluding diaryl/α,β-unsaturated/α-hetero) is 1. The van der Waals surface area contributed by atoms with Crippen molar-refractivity contribution in [2.75, 3.05) is 7.11 Å². The number of hydrogen-bond donors (Lipinski definition) is 1. The number of aromatic nitrogens is 5. The molecule has 0 unspecified atom stereocenters. The van der Waals surface area contributed by atoms with Gasteiger partial charge >= 0.3 is 0 Å². The lowest BCUT2D eigenvalue weighted by Gasteiger charge is -2.06. The number of carbonyl (C=O) groups excluding carboxylic acids is 1. The van der Waals surface area contributed by atoms with Crippen LogP contribution in [0.25, 0.3) is 16.7 Å². The summed E-state index contributed by atoms with van der Waals surface area (Å²) in [5.74, 6) is 1.73. The maximum Gasteiger partial charge on any atom is 0.179 e. The van der Waals surface area contributed by atoms with Crippen LogP contribution in [0.2, 0.25) is 0 Å². The molecule has 0 atom stereocenters. The predicted molar refractivity (Wildman–Crippen MR) is 72.3 cm³/mol. The number of carbonyl (C=O) groups is 1. The number of rotatable bonds is 3. The summed E-state index contributed by atoms with van der Waals surface area (Å²) in [7, 11) is 1.55. The first-order chi connectivity index (χ1) is 9.61. The molecule has 0 saturated carbocycles. The second kappa shape index (κ2) is 4.44. The number of nitrogens with zero attached hydrogens (tertiary/aromatic N) is 4. The highest BCUT2D eigenvalue weighted by molar-refractivity contribution is 6.10. The van der Waals surface area contributed by atoms with Gasteiger partial charge in [-0.2, -0.15) is 5.10 Å². The van der Waals surface area contributed by atoms with Gasteiger partial charge in [0.2, 0.25) is 0 Å². The summed E-state index contributed by atoms with van der Waals surface area (Å²) in [6.45, 7) is 3.31. The Hall–Kier alpha value is -2.70. The van der Waals surface area contributed by atoms with Gasteiger partial charge in [-0.1, -0.05) is 0 Å². The van der Waals surface area contributed by atoms with E-state index in [0.717, 1.165) is 0 Å². The normalized spacial score (nSPS) is 10.9. The highest BCUT2D eigenvalue weighted by atomic mass is 16.5. The zero-order valence-electron chi connectivity index (χ0n) is 11.3. The van der Waals surface area contributed by atoms with Crippen LogP contribution in [0, 0.1) is 6.92 Å². The molecular weight excluding hydrogens is 258 g/mol. The molecule has 20 heavy (non-hydrogen) atoms. The van der Waals surface area contributed by atoms with E-state index < -0.39 is 0 Å². The van der Waals surface area contributed by atoms with Gasteiger partial charge < -0.3 is 9.72 Å². The van der Waals surface area contributed by atoms with E-state index in [1.807, 2.05) is 0 Å². The van der Waals surface area contributed by atoms with Gasteiger partial charge in [0, 0.05) is 11.8 Å². The van der Waals surface area contributed by atoms with E-state index in [-0.39, 0.29) is 5.78 Å². The fourth-order valence-electron chi connectivity index (χ4n) is 2.16. The van der Waals surface area contributed by atoms with Gasteiger partial charge in [0.15, 0.2) is 11.6 Å². The van der Waals surface area contributed by atoms with Crippen molar-refractivity contribution in [1.29, 1.82) is 0 Å². The molecule has 0 aromatic carbocycles. The van der Waals surface area contributed by atoms with E-state index in [4.69, 9.17) is 4.74 Å². The number of hydrogen-bond acceptors (Lipinski definition) is 5. The number of ether oxygens (including phenoxy) is 1. The first kappa shape index (κ1) is 12.3. The van der Waals surface area contributed by atoms with E-state index in [1.54, 1.807) is 37.4 Å². The van der Waals surface area contributed by atoms with Gasteiger partial charge in [-0.05, 0) is 13.8 Å². The number of nitrogens with one attached hydrogen (secondary N) is 1. The monoisotopic (exact) mass is 271 g/mol. The number of H-pyrrole nitrogens is 1. The first-order valence-corrected chi connectivity index (χ1v) is 6.05. The molecule has 0 bridgehead atoms. The molecule has 3 aromatic heterocycles. The Morgan fingerprint density at radius 1 is 1.40 bits per heavy atom. The van der Waals surface area contributed by atoms with Crippen molar-refractivity contribution in [3.8, 4) is 11.6 Å². The molecule has 0 radical (unpaired) electrons. The molecule has 0 spiro atoms. The number of pyridine rings is 1. The maximum absolute atomic E-state index is 11.7. The Morgan fingerprint density at radius 3 is 2.80 bits per heavy atom. The van der Waals surface area contributed by atoms with Crippen LogP contribution in [-0.4, -0.2) is 37.6 Å². The van der Waals surface area contributed by atoms with Crippen molar-refractivity contribution >= 4 is 16.7 Å². The van der Waals surface area contributed by atoms with Gasteiger partial charge in [0.25, 0.3) is 0 Å². The fourth-order valence-corrected chi connectivity index (χ4v) is 2.16. The summed E-state index contributed by atoms with van der Waals surface area (Å²) in [4.78, 5) is 23.2. The van der Waals surface area contributed by atoms with E-state index in [0.29, 0.717) is 33.9 Å². The number of aromatic amines is 1. The molecule has 7 heteroatoms. The molecular formula is C13H13N5O2. The van der Waals surface area contributed by atoms with Crippen molar-refractivity contribution in [1.82, 2.24) is 24.7 Å². The molecule has 0 saturated heterocycles. The summed E-state index contributed by atoms with van der Waals surface area (Å²) in [6.07, 6.45) is 4.82. The molecule has 0 amide bonds. The Labute approximate surface area is 114 Å². The third kappa shape index (κ3) is 1.75. The molecule has 0 aliphatic heterocycles. The number of ketones is 1. The molecule has 3 rings (SSSR count). The molecule has 0 aliphatic carbocycles. The standard InChI is InChI=1S/C13H13N5O2/c1-7(19)9-4-14-12-11(9)10(20-3)5-15-13(12)18-6-16-8(2)17-18/h4-6,14H,1-3H3. The van der Waals surface area contributed by atoms with Crippen molar-refractivity contribution < 1.29 is 9.53 Å². The van der Waals surface area contributed by atoms with Gasteiger partial charge in [-0.25, -0.2) is 14.6 Å². The van der Waals surface area contributed by atoms with Gasteiger partial charge in [0.05, 0.1) is 24.2 Å². The van der Waals surface area contributed by atoms with Crippen LogP contribution in [0.3, 0.4) is 0 Å². The third-order valence-corrected chi connectivity index (χ3v) is 3.08. The lowest BCUT2D eigenvalue weighted by atomic mass is 10.1. The lowest BCUT2D eigenvalue weighted by Crippen LogP contribution is -2.01. The smallest absolute Gasteiger partial charge is 0.179 e. The average Bonchev–Trinajstić information content (AvgIpc) is 3.04. The van der Waals surface area contributed by atoms with Crippen LogP contribution >= 0.6 is 0 Å². The topological polar surface area (TPSA) is 85.7 Å². The third-order valence-electron chi connectivity index (χ3n) is 3.08. The fraction of sp³-hybridized carbons (Fsp3) is 0.231. The van der Waals surface area contributed by atoms with Crippen LogP contribution in [0.4, 0.5) is 0 Å². The van der Waals surface area contributed by atoms with E-state index in [1.165, 1.54) is 6.92 Å². The quantitative estimate of drug-likeness (QED) is 0.732. The second-order valence-electron chi connectivity index (χ2n) is 4.40. The zero-order valence-corrected chi connectivity index (χ0v) is 11.3. The minimum atomic E-state index is -0.0403. The zero-order chi connectivity index (χ0) is 14.3. The van der Waals surface area contributed by atoms with Gasteiger partial charge in [0.1, 0.15) is 17.9 Å². The number of aryl methyl sites for hydroxylation is 1. The van der Waals surface area contributed by atoms with Gasteiger partial charge in [-0.15, -0.1) is 0 Å². The Balaban J connectivity index is 2.33. The number of fused-ring (bicyclic) bond motifs is 1. The molecule has 0 aliphatic rings. The van der Waals surface area contributed by atoms with Crippen LogP contribution in [0.1, 0.15) is 23.1 Å². The largest absolute Gasteiger partial charge is 0.494 e. The number of methoxy groups -OCH3 is 1. The summed E-state index contributed by atoms with van der Waals surface area (Å²) in [5, 5.41) is 4.94. The maximum atomic E-state index is 11.7. The Morgan fingerprint density at radius 2 is 2.20 bits per heavy atom. The van der Waals surface area contributed by atoms with Crippen LogP contribution in [-0.2, 0) is 0 Å². The predicted octanol–water partition coefficient (Wildman–Crippen LogP) is 1.66. The van der Waals surface area contributed by atoms with Crippen molar-refractivity contribution in [3.05, 3.63) is 30.1 Å². The van der Waals surface area contributed by atoms with Gasteiger partial charge in [-0.3, -0.25) is 4.79 Å². The van der Waals surface area contributed by atoms with E-state index >= 15 is 0 Å². The summed E-state index contributed by atoms with van der Waals surface area (Å²) >= 11 is 0. The van der Waals surface area contributed by atoms with E-state index in [9.17, 15) is 4.79 Å². The second-order valence-corrected chi connectivity index (χ2v) is 4.40. The molecule has 3 heterocycles. The van der Waals surface area contributed by atoms with E-state index in [2.05, 4.69) is 20.1 Å². The van der Waals surface area contributed by atoms with Crippen molar-refractivity contribution in [3.63, 3.8) is 0 Å². The van der Waals surface area contributed by atoms with Crippen LogP contribution in [0.15, 0.2) is 18.7 Å². The average molecular weight is 271 g/mol. The highest BCUT2D eigenvalue weighted by Crippen LogP contribution is 2.31. The minimum absolute atomic E-state index is 0.0403. The summed E-state index contributed by atoms with van der Waals surface area (Å²) in [6, 6.07) is 0. The van der Waals surface area contributed by atoms with Crippen LogP contribution < -0.4 is 4.74 Å². The Bertz CT molecular complexity index is 802. The first-order valence-electron chi connectivity index (χ1n) is 6.05. The molecule has 1 N–H and O–H groups in total. The Kier molecular flexibility index (Phi) is 2.74.